The molecule has 1 aliphatic carbocycles. The maximum absolute atomic E-state index is 12.9. The average molecular weight is 509 g/mol. The lowest BCUT2D eigenvalue weighted by atomic mass is 9.97. The van der Waals surface area contributed by atoms with E-state index in [-0.39, 0.29) is 49.9 Å². The minimum Gasteiger partial charge on any atom is -0.353 e. The highest BCUT2D eigenvalue weighted by Crippen LogP contribution is 2.30. The van der Waals surface area contributed by atoms with E-state index in [2.05, 4.69) is 15.3 Å². The van der Waals surface area contributed by atoms with Crippen molar-refractivity contribution in [2.45, 2.75) is 44.8 Å². The number of hydrogen-bond donors (Lipinski definition) is 2. The molecule has 194 valence electrons. The molecular weight excluding hydrogens is 481 g/mol. The molecule has 0 aromatic carbocycles. The van der Waals surface area contributed by atoms with E-state index in [4.69, 9.17) is 0 Å². The molecule has 0 radical (unpaired) electrons. The zero-order chi connectivity index (χ0) is 25.9. The van der Waals surface area contributed by atoms with Gasteiger partial charge >= 0.3 is 11.9 Å². The molecule has 1 fully saturated rings. The monoisotopic (exact) mass is 508 g/mol. The Bertz CT molecular complexity index is 1250. The summed E-state index contributed by atoms with van der Waals surface area (Å²) in [5, 5.41) is 2.56. The Hall–Kier alpha value is -3.64. The molecule has 10 nitrogen and oxygen atoms in total. The van der Waals surface area contributed by atoms with Crippen LogP contribution in [-0.4, -0.2) is 64.0 Å². The summed E-state index contributed by atoms with van der Waals surface area (Å²) in [4.78, 5) is 58.6. The molecule has 1 aliphatic heterocycles. The molecule has 36 heavy (non-hydrogen) atoms. The van der Waals surface area contributed by atoms with Gasteiger partial charge < -0.3 is 15.1 Å². The van der Waals surface area contributed by atoms with Gasteiger partial charge in [0.15, 0.2) is 0 Å². The maximum atomic E-state index is 12.9. The summed E-state index contributed by atoms with van der Waals surface area (Å²) in [7, 11) is 0. The summed E-state index contributed by atoms with van der Waals surface area (Å²) >= 11 is 0. The predicted molar refractivity (Wildman–Crippen MR) is 124 cm³/mol. The number of halogens is 3. The highest BCUT2D eigenvalue weighted by Gasteiger charge is 2.32. The molecule has 2 aromatic rings. The molecule has 3 heterocycles. The highest BCUT2D eigenvalue weighted by atomic mass is 19.4. The second-order valence-electron chi connectivity index (χ2n) is 8.84. The molecule has 2 aliphatic rings. The van der Waals surface area contributed by atoms with Gasteiger partial charge in [0.2, 0.25) is 11.8 Å². The van der Waals surface area contributed by atoms with Gasteiger partial charge in [-0.2, -0.15) is 13.2 Å². The Morgan fingerprint density at radius 3 is 2.53 bits per heavy atom. The fourth-order valence-corrected chi connectivity index (χ4v) is 4.57. The number of aromatic amines is 1. The number of nitrogens with one attached hydrogen (secondary N) is 2. The second-order valence-corrected chi connectivity index (χ2v) is 8.84. The number of alkyl halides is 3. The number of anilines is 1. The maximum Gasteiger partial charge on any atom is 0.416 e. The van der Waals surface area contributed by atoms with Crippen molar-refractivity contribution in [2.75, 3.05) is 37.6 Å². The van der Waals surface area contributed by atoms with Crippen molar-refractivity contribution in [2.24, 2.45) is 0 Å². The molecule has 0 unspecified atom stereocenters. The number of carbonyl (C=O) groups excluding carboxylic acids is 2. The molecule has 0 atom stereocenters. The van der Waals surface area contributed by atoms with Crippen LogP contribution < -0.4 is 21.5 Å². The van der Waals surface area contributed by atoms with Crippen molar-refractivity contribution in [1.82, 2.24) is 24.8 Å². The lowest BCUT2D eigenvalue weighted by Crippen LogP contribution is -2.51. The van der Waals surface area contributed by atoms with Crippen LogP contribution in [0.15, 0.2) is 27.9 Å². The van der Waals surface area contributed by atoms with Gasteiger partial charge in [-0.25, -0.2) is 9.78 Å². The number of rotatable bonds is 6. The van der Waals surface area contributed by atoms with Crippen LogP contribution in [0.5, 0.6) is 0 Å². The largest absolute Gasteiger partial charge is 0.416 e. The first-order chi connectivity index (χ1) is 17.1. The Labute approximate surface area is 204 Å². The number of pyridine rings is 1. The molecule has 13 heteroatoms. The summed E-state index contributed by atoms with van der Waals surface area (Å²) in [6.45, 7) is 1.07. The van der Waals surface area contributed by atoms with Crippen LogP contribution >= 0.6 is 0 Å². The normalized spacial score (nSPS) is 16.0. The van der Waals surface area contributed by atoms with Crippen LogP contribution in [-0.2, 0) is 35.2 Å². The average Bonchev–Trinajstić information content (AvgIpc) is 2.87. The number of aromatic nitrogens is 3. The number of piperazine rings is 1. The summed E-state index contributed by atoms with van der Waals surface area (Å²) in [6, 6.07) is 1.90. The van der Waals surface area contributed by atoms with Gasteiger partial charge in [-0.3, -0.25) is 23.9 Å². The number of fused-ring (bicyclic) bond motifs is 1. The number of carbonyl (C=O) groups is 2. The molecule has 2 aromatic heterocycles. The van der Waals surface area contributed by atoms with E-state index in [1.165, 1.54) is 9.47 Å². The number of amides is 2. The summed E-state index contributed by atoms with van der Waals surface area (Å²) in [6.07, 6.45) is -0.421. The minimum atomic E-state index is -4.46. The van der Waals surface area contributed by atoms with Crippen molar-refractivity contribution >= 4 is 17.6 Å². The van der Waals surface area contributed by atoms with Crippen LogP contribution in [0.3, 0.4) is 0 Å². The first-order valence-electron chi connectivity index (χ1n) is 11.8. The molecular formula is C23H27F3N6O4. The van der Waals surface area contributed by atoms with Gasteiger partial charge in [0.25, 0.3) is 5.56 Å². The lowest BCUT2D eigenvalue weighted by Gasteiger charge is -2.35. The first-order valence-corrected chi connectivity index (χ1v) is 11.8. The highest BCUT2D eigenvalue weighted by molar-refractivity contribution is 5.84. The van der Waals surface area contributed by atoms with Crippen LogP contribution in [0.2, 0.25) is 0 Å². The third-order valence-corrected chi connectivity index (χ3v) is 6.53. The Morgan fingerprint density at radius 1 is 1.08 bits per heavy atom. The minimum absolute atomic E-state index is 0.0271. The van der Waals surface area contributed by atoms with E-state index < -0.39 is 23.3 Å². The third-order valence-electron chi connectivity index (χ3n) is 6.53. The molecule has 4 rings (SSSR count). The lowest BCUT2D eigenvalue weighted by molar-refractivity contribution is -0.137. The molecule has 0 saturated carbocycles. The van der Waals surface area contributed by atoms with Gasteiger partial charge in [0.05, 0.1) is 12.1 Å². The first kappa shape index (κ1) is 25.5. The van der Waals surface area contributed by atoms with Crippen molar-refractivity contribution in [1.29, 1.82) is 0 Å². The molecule has 2 amide bonds. The standard InChI is InChI=1S/C23H27F3N6O4/c24-23(25,26)15-5-7-27-18(13-15)30-9-11-31(12-10-30)20(34)14-28-19(33)6-8-32-17-4-2-1-3-16(17)21(35)29-22(32)36/h5,7,13H,1-4,6,8-12,14H2,(H,28,33)(H,29,35,36). The molecule has 0 bridgehead atoms. The number of H-pyrrole nitrogens is 1. The van der Waals surface area contributed by atoms with E-state index in [0.29, 0.717) is 37.2 Å². The van der Waals surface area contributed by atoms with Gasteiger partial charge in [0.1, 0.15) is 5.82 Å². The molecule has 2 N–H and O–H groups in total. The van der Waals surface area contributed by atoms with Crippen LogP contribution in [0.4, 0.5) is 19.0 Å². The summed E-state index contributed by atoms with van der Waals surface area (Å²) in [5.41, 5.74) is -0.427. The van der Waals surface area contributed by atoms with Gasteiger partial charge in [-0.15, -0.1) is 0 Å². The van der Waals surface area contributed by atoms with E-state index in [0.717, 1.165) is 31.2 Å². The fraction of sp³-hybridized carbons (Fsp3) is 0.522. The van der Waals surface area contributed by atoms with Gasteiger partial charge in [-0.1, -0.05) is 0 Å². The van der Waals surface area contributed by atoms with Gasteiger partial charge in [-0.05, 0) is 37.8 Å². The van der Waals surface area contributed by atoms with Crippen LogP contribution in [0, 0.1) is 0 Å². The Balaban J connectivity index is 1.25. The van der Waals surface area contributed by atoms with Crippen molar-refractivity contribution in [3.8, 4) is 0 Å². The predicted octanol–water partition coefficient (Wildman–Crippen LogP) is 0.684. The SMILES string of the molecule is O=C(CCn1c2c(c(=O)[nH]c1=O)CCCC2)NCC(=O)N1CCN(c2cc(C(F)(F)F)ccn2)CC1. The zero-order valence-electron chi connectivity index (χ0n) is 19.6. The van der Waals surface area contributed by atoms with Crippen LogP contribution in [0.1, 0.15) is 36.1 Å². The second kappa shape index (κ2) is 10.5. The molecule has 1 saturated heterocycles. The van der Waals surface area contributed by atoms with Crippen molar-refractivity contribution in [3.05, 3.63) is 56.0 Å². The van der Waals surface area contributed by atoms with Crippen molar-refractivity contribution in [3.63, 3.8) is 0 Å². The smallest absolute Gasteiger partial charge is 0.353 e. The summed E-state index contributed by atoms with van der Waals surface area (Å²) in [5.74, 6) is -0.513. The summed E-state index contributed by atoms with van der Waals surface area (Å²) < 4.78 is 40.3. The van der Waals surface area contributed by atoms with Crippen LogP contribution in [0.25, 0.3) is 0 Å². The van der Waals surface area contributed by atoms with Gasteiger partial charge in [0, 0.05) is 56.6 Å². The number of hydrogen-bond acceptors (Lipinski definition) is 6. The third kappa shape index (κ3) is 5.77. The Morgan fingerprint density at radius 2 is 1.81 bits per heavy atom. The van der Waals surface area contributed by atoms with E-state index in [1.54, 1.807) is 4.90 Å². The Kier molecular flexibility index (Phi) is 7.45. The quantitative estimate of drug-likeness (QED) is 0.592. The van der Waals surface area contributed by atoms with Crippen molar-refractivity contribution < 1.29 is 22.8 Å². The van der Waals surface area contributed by atoms with E-state index >= 15 is 0 Å². The topological polar surface area (TPSA) is 120 Å². The molecule has 0 spiro atoms. The number of nitrogens with zero attached hydrogens (tertiary/aromatic N) is 4. The van der Waals surface area contributed by atoms with E-state index in [9.17, 15) is 32.3 Å². The van der Waals surface area contributed by atoms with E-state index in [1.807, 2.05) is 0 Å². The zero-order valence-corrected chi connectivity index (χ0v) is 19.6. The fourth-order valence-electron chi connectivity index (χ4n) is 4.57.